The van der Waals surface area contributed by atoms with Crippen LogP contribution in [0.4, 0.5) is 5.82 Å². The fraction of sp³-hybridized carbons (Fsp3) is 0.750. The molecule has 0 aromatic carbocycles. The van der Waals surface area contributed by atoms with Gasteiger partial charge in [0.1, 0.15) is 36.1 Å². The molecule has 5 rings (SSSR count). The van der Waals surface area contributed by atoms with Gasteiger partial charge < -0.3 is 37.9 Å². The molecule has 2 aromatic heterocycles. The fourth-order valence-corrected chi connectivity index (χ4v) is 6.89. The minimum Gasteiger partial charge on any atom is -0.367 e. The smallest absolute Gasteiger partial charge is 0.356 e. The van der Waals surface area contributed by atoms with Gasteiger partial charge in [-0.15, -0.1) is 0 Å². The lowest BCUT2D eigenvalue weighted by Gasteiger charge is -2.25. The van der Waals surface area contributed by atoms with Gasteiger partial charge >= 0.3 is 7.60 Å². The second-order valence-electron chi connectivity index (χ2n) is 10.0. The molecular formula is C24H36ClN4O7P. The Kier molecular flexibility index (Phi) is 8.15. The van der Waals surface area contributed by atoms with Crippen molar-refractivity contribution in [2.45, 2.75) is 89.7 Å². The van der Waals surface area contributed by atoms with Crippen LogP contribution in [0.15, 0.2) is 12.3 Å². The lowest BCUT2D eigenvalue weighted by molar-refractivity contribution is -0.201. The first-order chi connectivity index (χ1) is 17.7. The Balaban J connectivity index is 1.37. The summed E-state index contributed by atoms with van der Waals surface area (Å²) in [4.78, 5) is 8.99. The number of halogens is 1. The van der Waals surface area contributed by atoms with E-state index in [1.807, 2.05) is 30.7 Å². The van der Waals surface area contributed by atoms with Crippen molar-refractivity contribution >= 4 is 36.0 Å². The molecule has 2 aliphatic heterocycles. The van der Waals surface area contributed by atoms with Crippen LogP contribution in [-0.4, -0.2) is 70.8 Å². The molecule has 3 fully saturated rings. The van der Waals surface area contributed by atoms with E-state index in [4.69, 9.17) is 39.6 Å². The first kappa shape index (κ1) is 27.3. The molecule has 37 heavy (non-hydrogen) atoms. The second-order valence-corrected chi connectivity index (χ2v) is 12.3. The molecule has 0 radical (unpaired) electrons. The summed E-state index contributed by atoms with van der Waals surface area (Å²) in [5, 5.41) is 4.57. The number of hydrogen-bond acceptors (Lipinski definition) is 10. The summed E-state index contributed by atoms with van der Waals surface area (Å²) in [6.45, 7) is 7.93. The van der Waals surface area contributed by atoms with Crippen LogP contribution in [0, 0.1) is 0 Å². The number of nitrogens with zero attached hydrogens (tertiary/aromatic N) is 3. The van der Waals surface area contributed by atoms with Crippen molar-refractivity contribution < 1.29 is 32.6 Å². The summed E-state index contributed by atoms with van der Waals surface area (Å²) in [6, 6.07) is 2.34. The summed E-state index contributed by atoms with van der Waals surface area (Å²) < 4.78 is 50.0. The lowest BCUT2D eigenvalue weighted by Crippen LogP contribution is -2.33. The molecule has 1 aliphatic carbocycles. The van der Waals surface area contributed by atoms with E-state index >= 15 is 0 Å². The van der Waals surface area contributed by atoms with Crippen LogP contribution in [0.5, 0.6) is 0 Å². The zero-order chi connectivity index (χ0) is 26.2. The molecule has 4 heterocycles. The Morgan fingerprint density at radius 1 is 1.16 bits per heavy atom. The van der Waals surface area contributed by atoms with E-state index in [9.17, 15) is 4.57 Å². The third-order valence-electron chi connectivity index (χ3n) is 6.82. The van der Waals surface area contributed by atoms with Crippen LogP contribution in [0.3, 0.4) is 0 Å². The number of anilines is 1. The van der Waals surface area contributed by atoms with Crippen molar-refractivity contribution in [1.29, 1.82) is 0 Å². The van der Waals surface area contributed by atoms with Gasteiger partial charge in [0.2, 0.25) is 5.28 Å². The number of aromatic nitrogens is 3. The quantitative estimate of drug-likeness (QED) is 0.295. The number of ether oxygens (including phenoxy) is 4. The molecule has 3 aliphatic rings. The summed E-state index contributed by atoms with van der Waals surface area (Å²) in [6.07, 6.45) is 4.56. The maximum atomic E-state index is 12.8. The fourth-order valence-electron chi connectivity index (χ4n) is 5.39. The predicted molar refractivity (Wildman–Crippen MR) is 138 cm³/mol. The average molecular weight is 559 g/mol. The Bertz CT molecular complexity index is 1130. The molecule has 1 N–H and O–H groups in total. The van der Waals surface area contributed by atoms with E-state index in [0.717, 1.165) is 24.0 Å². The molecule has 0 bridgehead atoms. The molecule has 0 spiro atoms. The van der Waals surface area contributed by atoms with E-state index in [1.54, 1.807) is 13.8 Å². The molecular weight excluding hydrogens is 523 g/mol. The van der Waals surface area contributed by atoms with Gasteiger partial charge in [-0.3, -0.25) is 4.57 Å². The van der Waals surface area contributed by atoms with Crippen molar-refractivity contribution in [2.75, 3.05) is 31.5 Å². The van der Waals surface area contributed by atoms with Crippen LogP contribution in [-0.2, 0) is 32.6 Å². The topological polar surface area (TPSA) is 115 Å². The summed E-state index contributed by atoms with van der Waals surface area (Å²) >= 11 is 6.35. The zero-order valence-corrected chi connectivity index (χ0v) is 23.4. The van der Waals surface area contributed by atoms with Crippen LogP contribution in [0.2, 0.25) is 5.28 Å². The SMILES string of the molecule is CCOP(=O)(COC[C@H]1O[C@@H](n2ccc3c(NC4CCCC4)nc(Cl)nc32)[C@@H]2OC(C)(C)O[C@@H]21)OCC. The van der Waals surface area contributed by atoms with Crippen molar-refractivity contribution in [1.82, 2.24) is 14.5 Å². The molecule has 13 heteroatoms. The highest BCUT2D eigenvalue weighted by Crippen LogP contribution is 2.49. The maximum Gasteiger partial charge on any atom is 0.356 e. The van der Waals surface area contributed by atoms with Crippen LogP contribution in [0.25, 0.3) is 11.0 Å². The number of nitrogens with one attached hydrogen (secondary N) is 1. The second kappa shape index (κ2) is 11.1. The van der Waals surface area contributed by atoms with Gasteiger partial charge in [0, 0.05) is 12.2 Å². The van der Waals surface area contributed by atoms with E-state index in [1.165, 1.54) is 12.8 Å². The largest absolute Gasteiger partial charge is 0.367 e. The van der Waals surface area contributed by atoms with Gasteiger partial charge in [-0.25, -0.2) is 4.98 Å². The van der Waals surface area contributed by atoms with Crippen molar-refractivity contribution in [3.05, 3.63) is 17.5 Å². The van der Waals surface area contributed by atoms with Gasteiger partial charge in [0.25, 0.3) is 0 Å². The van der Waals surface area contributed by atoms with E-state index < -0.39 is 37.9 Å². The summed E-state index contributed by atoms with van der Waals surface area (Å²) in [5.41, 5.74) is 0.649. The first-order valence-electron chi connectivity index (χ1n) is 13.0. The average Bonchev–Trinajstić information content (AvgIpc) is 3.59. The number of hydrogen-bond donors (Lipinski definition) is 1. The highest BCUT2D eigenvalue weighted by molar-refractivity contribution is 7.53. The third-order valence-corrected chi connectivity index (χ3v) is 8.79. The molecule has 1 saturated carbocycles. The van der Waals surface area contributed by atoms with Crippen molar-refractivity contribution in [3.8, 4) is 0 Å². The van der Waals surface area contributed by atoms with Gasteiger partial charge in [-0.05, 0) is 58.2 Å². The maximum absolute atomic E-state index is 12.8. The molecule has 206 valence electrons. The molecule has 2 saturated heterocycles. The first-order valence-corrected chi connectivity index (χ1v) is 15.1. The number of rotatable bonds is 11. The van der Waals surface area contributed by atoms with Crippen molar-refractivity contribution in [3.63, 3.8) is 0 Å². The van der Waals surface area contributed by atoms with E-state index in [-0.39, 0.29) is 31.5 Å². The standard InChI is InChI=1S/C24H36ClN4O7P/c1-5-32-37(30,33-6-2)14-31-13-17-18-19(36-24(3,4)35-18)22(34-17)29-12-11-16-20(26-15-9-7-8-10-15)27-23(25)28-21(16)29/h11-12,15,17-19,22H,5-10,13-14H2,1-4H3,(H,26,27,28)/t17-,18-,19-,22-/m1/s1. The summed E-state index contributed by atoms with van der Waals surface area (Å²) in [7, 11) is -3.34. The van der Waals surface area contributed by atoms with Crippen LogP contribution < -0.4 is 5.32 Å². The highest BCUT2D eigenvalue weighted by atomic mass is 35.5. The molecule has 0 unspecified atom stereocenters. The van der Waals surface area contributed by atoms with Gasteiger partial charge in [0.15, 0.2) is 12.0 Å². The minimum atomic E-state index is -3.34. The molecule has 11 nitrogen and oxygen atoms in total. The van der Waals surface area contributed by atoms with E-state index in [2.05, 4.69) is 15.3 Å². The van der Waals surface area contributed by atoms with Crippen LogP contribution >= 0.6 is 19.2 Å². The number of fused-ring (bicyclic) bond motifs is 2. The third kappa shape index (κ3) is 5.84. The van der Waals surface area contributed by atoms with Crippen LogP contribution in [0.1, 0.15) is 59.6 Å². The van der Waals surface area contributed by atoms with E-state index in [0.29, 0.717) is 11.7 Å². The van der Waals surface area contributed by atoms with Gasteiger partial charge in [-0.2, -0.15) is 4.98 Å². The highest BCUT2D eigenvalue weighted by Gasteiger charge is 2.56. The van der Waals surface area contributed by atoms with Crippen molar-refractivity contribution in [2.24, 2.45) is 0 Å². The normalized spacial score (nSPS) is 27.8. The van der Waals surface area contributed by atoms with Gasteiger partial charge in [0.05, 0.1) is 25.2 Å². The molecule has 4 atom stereocenters. The molecule has 2 aromatic rings. The monoisotopic (exact) mass is 558 g/mol. The lowest BCUT2D eigenvalue weighted by atomic mass is 10.1. The minimum absolute atomic E-state index is 0.130. The van der Waals surface area contributed by atoms with Gasteiger partial charge in [-0.1, -0.05) is 12.8 Å². The Hall–Kier alpha value is -1.30. The Morgan fingerprint density at radius 3 is 2.57 bits per heavy atom. The zero-order valence-electron chi connectivity index (χ0n) is 21.7. The predicted octanol–water partition coefficient (Wildman–Crippen LogP) is 5.10. The molecule has 0 amide bonds. The Morgan fingerprint density at radius 2 is 1.86 bits per heavy atom. The summed E-state index contributed by atoms with van der Waals surface area (Å²) in [5.74, 6) is -0.0756. The Labute approximate surface area is 222 Å².